The van der Waals surface area contributed by atoms with Crippen LogP contribution in [0.3, 0.4) is 0 Å². The molecule has 26 heavy (non-hydrogen) atoms. The smallest absolute Gasteiger partial charge is 0.232 e. The third kappa shape index (κ3) is 6.36. The van der Waals surface area contributed by atoms with Gasteiger partial charge in [-0.2, -0.15) is 0 Å². The molecule has 2 fully saturated rings. The lowest BCUT2D eigenvalue weighted by Gasteiger charge is -2.38. The van der Waals surface area contributed by atoms with Gasteiger partial charge < -0.3 is 26.7 Å². The molecule has 2 atom stereocenters. The fourth-order valence-corrected chi connectivity index (χ4v) is 4.05. The van der Waals surface area contributed by atoms with E-state index in [4.69, 9.17) is 16.6 Å². The summed E-state index contributed by atoms with van der Waals surface area (Å²) in [6.07, 6.45) is 8.44. The van der Waals surface area contributed by atoms with Crippen LogP contribution in [0.5, 0.6) is 0 Å². The molecule has 1 saturated carbocycles. The molecule has 1 saturated heterocycles. The van der Waals surface area contributed by atoms with Crippen molar-refractivity contribution in [3.8, 4) is 0 Å². The summed E-state index contributed by atoms with van der Waals surface area (Å²) < 4.78 is 0. The Balaban J connectivity index is 1.87. The number of amidine groups is 1. The van der Waals surface area contributed by atoms with Gasteiger partial charge in [0.1, 0.15) is 11.8 Å². The molecule has 2 aliphatic rings. The summed E-state index contributed by atoms with van der Waals surface area (Å²) in [6.45, 7) is 4.97. The number of hydrogen-bond acceptors (Lipinski definition) is 5. The quantitative estimate of drug-likeness (QED) is 0.269. The number of carbonyl (C=O) groups excluding carboxylic acids is 1. The molecule has 0 spiro atoms. The van der Waals surface area contributed by atoms with Crippen LogP contribution in [0.2, 0.25) is 0 Å². The topological polar surface area (TPSA) is 118 Å². The molecule has 1 aliphatic carbocycles. The number of amides is 1. The van der Waals surface area contributed by atoms with Gasteiger partial charge in [-0.15, -0.1) is 0 Å². The normalized spacial score (nSPS) is 21.9. The largest absolute Gasteiger partial charge is 0.360 e. The van der Waals surface area contributed by atoms with Crippen LogP contribution in [0, 0.1) is 16.7 Å². The van der Waals surface area contributed by atoms with Gasteiger partial charge in [0.15, 0.2) is 0 Å². The fourth-order valence-electron chi connectivity index (χ4n) is 4.05. The molecule has 1 amide bonds. The number of nitrogens with one attached hydrogen (secondary N) is 4. The van der Waals surface area contributed by atoms with Crippen LogP contribution in [0.15, 0.2) is 0 Å². The van der Waals surface area contributed by atoms with Crippen LogP contribution >= 0.6 is 0 Å². The van der Waals surface area contributed by atoms with Gasteiger partial charge in [-0.25, -0.2) is 0 Å². The molecular formula is C19H36N6O. The van der Waals surface area contributed by atoms with Crippen molar-refractivity contribution in [1.29, 1.82) is 10.8 Å². The summed E-state index contributed by atoms with van der Waals surface area (Å²) in [5.74, 6) is -0.550. The molecule has 7 nitrogen and oxygen atoms in total. The number of nitrogens with zero attached hydrogens (tertiary/aromatic N) is 1. The third-order valence-corrected chi connectivity index (χ3v) is 5.44. The lowest BCUT2D eigenvalue weighted by Crippen LogP contribution is -2.52. The average Bonchev–Trinajstić information content (AvgIpc) is 2.60. The predicted molar refractivity (Wildman–Crippen MR) is 106 cm³/mol. The van der Waals surface area contributed by atoms with E-state index in [2.05, 4.69) is 10.6 Å². The Morgan fingerprint density at radius 3 is 2.23 bits per heavy atom. The molecule has 0 bridgehead atoms. The van der Waals surface area contributed by atoms with Crippen LogP contribution in [0.25, 0.3) is 0 Å². The van der Waals surface area contributed by atoms with Crippen LogP contribution < -0.4 is 16.4 Å². The molecule has 1 aliphatic heterocycles. The summed E-state index contributed by atoms with van der Waals surface area (Å²) in [7, 11) is 0. The third-order valence-electron chi connectivity index (χ3n) is 5.44. The maximum absolute atomic E-state index is 12.4. The molecule has 0 aromatic rings. The molecule has 0 aromatic heterocycles. The van der Waals surface area contributed by atoms with Crippen molar-refractivity contribution in [1.82, 2.24) is 15.5 Å². The van der Waals surface area contributed by atoms with Gasteiger partial charge in [0.05, 0.1) is 6.17 Å². The highest BCUT2D eigenvalue weighted by atomic mass is 16.2. The van der Waals surface area contributed by atoms with E-state index >= 15 is 0 Å². The van der Waals surface area contributed by atoms with Gasteiger partial charge in [-0.1, -0.05) is 19.3 Å². The first-order valence-corrected chi connectivity index (χ1v) is 10.1. The van der Waals surface area contributed by atoms with Gasteiger partial charge in [-0.3, -0.25) is 10.2 Å². The molecule has 0 radical (unpaired) electrons. The van der Waals surface area contributed by atoms with Crippen molar-refractivity contribution in [3.05, 3.63) is 0 Å². The number of hydrogen-bond donors (Lipinski definition) is 5. The van der Waals surface area contributed by atoms with Crippen molar-refractivity contribution < 1.29 is 4.79 Å². The van der Waals surface area contributed by atoms with Crippen LogP contribution in [0.1, 0.15) is 65.2 Å². The zero-order valence-electron chi connectivity index (χ0n) is 16.3. The van der Waals surface area contributed by atoms with E-state index in [1.807, 2.05) is 4.90 Å². The minimum Gasteiger partial charge on any atom is -0.360 e. The summed E-state index contributed by atoms with van der Waals surface area (Å²) in [5.41, 5.74) is 6.08. The van der Waals surface area contributed by atoms with E-state index in [1.54, 1.807) is 13.8 Å². The monoisotopic (exact) mass is 364 g/mol. The van der Waals surface area contributed by atoms with E-state index in [0.717, 1.165) is 25.9 Å². The Morgan fingerprint density at radius 2 is 1.69 bits per heavy atom. The standard InChI is InChI=1S/C19H36N6O/c1-13(20)12-17(19(26)23-14(2)21)18(22)25-10-8-16(9-11-25)24-15-6-4-3-5-7-15/h14-17,20,22,24H,3-12,21H2,1-2H3,(H,23,26). The van der Waals surface area contributed by atoms with Gasteiger partial charge in [0, 0.05) is 37.3 Å². The Kier molecular flexibility index (Phi) is 8.03. The fraction of sp³-hybridized carbons (Fsp3) is 0.842. The number of piperidine rings is 1. The molecule has 6 N–H and O–H groups in total. The first-order chi connectivity index (χ1) is 12.4. The van der Waals surface area contributed by atoms with Crippen molar-refractivity contribution in [2.24, 2.45) is 11.7 Å². The van der Waals surface area contributed by atoms with Crippen molar-refractivity contribution in [2.75, 3.05) is 13.1 Å². The van der Waals surface area contributed by atoms with E-state index in [1.165, 1.54) is 32.1 Å². The van der Waals surface area contributed by atoms with Crippen LogP contribution in [-0.2, 0) is 4.79 Å². The second kappa shape index (κ2) is 10.0. The number of likely N-dealkylation sites (tertiary alicyclic amines) is 1. The molecule has 0 aromatic carbocycles. The van der Waals surface area contributed by atoms with Crippen molar-refractivity contribution in [3.63, 3.8) is 0 Å². The van der Waals surface area contributed by atoms with E-state index in [9.17, 15) is 4.79 Å². The van der Waals surface area contributed by atoms with Gasteiger partial charge >= 0.3 is 0 Å². The molecule has 1 heterocycles. The highest BCUT2D eigenvalue weighted by Gasteiger charge is 2.31. The average molecular weight is 365 g/mol. The second-order valence-electron chi connectivity index (χ2n) is 7.98. The Labute approximate surface area is 157 Å². The molecule has 2 unspecified atom stereocenters. The number of rotatable bonds is 7. The van der Waals surface area contributed by atoms with Crippen LogP contribution in [-0.4, -0.2) is 53.7 Å². The summed E-state index contributed by atoms with van der Waals surface area (Å²) in [4.78, 5) is 14.4. The first kappa shape index (κ1) is 20.8. The maximum atomic E-state index is 12.4. The highest BCUT2D eigenvalue weighted by Crippen LogP contribution is 2.21. The minimum atomic E-state index is -0.624. The van der Waals surface area contributed by atoms with Gasteiger partial charge in [0.2, 0.25) is 5.91 Å². The zero-order chi connectivity index (χ0) is 19.1. The maximum Gasteiger partial charge on any atom is 0.232 e. The first-order valence-electron chi connectivity index (χ1n) is 10.1. The number of nitrogens with two attached hydrogens (primary N) is 1. The van der Waals surface area contributed by atoms with Crippen molar-refractivity contribution >= 4 is 17.5 Å². The molecule has 148 valence electrons. The van der Waals surface area contributed by atoms with E-state index in [0.29, 0.717) is 23.6 Å². The Hall–Kier alpha value is -1.47. The molecule has 7 heteroatoms. The summed E-state index contributed by atoms with van der Waals surface area (Å²) in [6, 6.07) is 1.17. The van der Waals surface area contributed by atoms with E-state index < -0.39 is 12.1 Å². The number of carbonyl (C=O) groups is 1. The lowest BCUT2D eigenvalue weighted by molar-refractivity contribution is -0.123. The van der Waals surface area contributed by atoms with Gasteiger partial charge in [0.25, 0.3) is 0 Å². The minimum absolute atomic E-state index is 0.251. The summed E-state index contributed by atoms with van der Waals surface area (Å²) in [5, 5.41) is 22.8. The molecular weight excluding hydrogens is 328 g/mol. The van der Waals surface area contributed by atoms with E-state index in [-0.39, 0.29) is 12.3 Å². The molecule has 2 rings (SSSR count). The van der Waals surface area contributed by atoms with Crippen molar-refractivity contribution in [2.45, 2.75) is 83.5 Å². The predicted octanol–water partition coefficient (Wildman–Crippen LogP) is 1.82. The summed E-state index contributed by atoms with van der Waals surface area (Å²) >= 11 is 0. The Morgan fingerprint density at radius 1 is 1.12 bits per heavy atom. The zero-order valence-corrected chi connectivity index (χ0v) is 16.3. The van der Waals surface area contributed by atoms with Gasteiger partial charge in [-0.05, 0) is 39.5 Å². The SMILES string of the molecule is CC(=N)CC(C(=N)N1CCC(NC2CCCCC2)CC1)C(=O)NC(C)N. The second-order valence-corrected chi connectivity index (χ2v) is 7.98. The highest BCUT2D eigenvalue weighted by molar-refractivity contribution is 6.04. The Bertz CT molecular complexity index is 492. The lowest BCUT2D eigenvalue weighted by atomic mass is 9.93. The van der Waals surface area contributed by atoms with Crippen LogP contribution in [0.4, 0.5) is 0 Å².